The van der Waals surface area contributed by atoms with Gasteiger partial charge in [-0.25, -0.2) is 4.79 Å². The van der Waals surface area contributed by atoms with Gasteiger partial charge in [-0.3, -0.25) is 0 Å². The lowest BCUT2D eigenvalue weighted by Gasteiger charge is -2.39. The highest BCUT2D eigenvalue weighted by Gasteiger charge is 2.35. The minimum Gasteiger partial charge on any atom is -0.489 e. The van der Waals surface area contributed by atoms with Crippen molar-refractivity contribution >= 4 is 6.09 Å². The van der Waals surface area contributed by atoms with Crippen LogP contribution in [-0.4, -0.2) is 35.8 Å². The molecule has 0 saturated carbocycles. The van der Waals surface area contributed by atoms with Crippen LogP contribution in [0, 0.1) is 0 Å². The normalized spacial score (nSPS) is 13.7. The van der Waals surface area contributed by atoms with Crippen molar-refractivity contribution in [2.75, 3.05) is 13.1 Å². The Hall–Kier alpha value is -2.69. The number of hydrogen-bond acceptors (Lipinski definition) is 4. The number of carbonyl (C=O) groups excluding carboxylic acids is 1. The maximum atomic E-state index is 11.9. The molecule has 5 nitrogen and oxygen atoms in total. The van der Waals surface area contributed by atoms with E-state index in [4.69, 9.17) is 14.2 Å². The van der Waals surface area contributed by atoms with E-state index in [0.717, 1.165) is 17.1 Å². The van der Waals surface area contributed by atoms with Crippen LogP contribution in [0.1, 0.15) is 40.2 Å². The van der Waals surface area contributed by atoms with Crippen LogP contribution in [-0.2, 0) is 11.3 Å². The van der Waals surface area contributed by atoms with E-state index in [2.05, 4.69) is 0 Å². The van der Waals surface area contributed by atoms with Gasteiger partial charge in [-0.2, -0.15) is 0 Å². The van der Waals surface area contributed by atoms with Gasteiger partial charge in [-0.1, -0.05) is 44.2 Å². The highest BCUT2D eigenvalue weighted by atomic mass is 16.6. The van der Waals surface area contributed by atoms with Crippen molar-refractivity contribution < 1.29 is 19.0 Å². The van der Waals surface area contributed by atoms with Crippen molar-refractivity contribution in [3.8, 4) is 11.5 Å². The van der Waals surface area contributed by atoms with E-state index < -0.39 is 5.60 Å². The van der Waals surface area contributed by atoms with Crippen LogP contribution in [0.25, 0.3) is 0 Å². The fraction of sp³-hybridized carbons (Fsp3) is 0.435. The number of rotatable bonds is 5. The Morgan fingerprint density at radius 2 is 1.54 bits per heavy atom. The molecule has 0 bridgehead atoms. The molecule has 5 heteroatoms. The Morgan fingerprint density at radius 3 is 2.11 bits per heavy atom. The van der Waals surface area contributed by atoms with Gasteiger partial charge in [0, 0.05) is 0 Å². The summed E-state index contributed by atoms with van der Waals surface area (Å²) in [6.07, 6.45) is -0.291. The zero-order valence-corrected chi connectivity index (χ0v) is 17.5. The SMILES string of the molecule is CC.CC(C)(C)OC(=O)N1CC(Oc2ccc(OCc3ccccc3)cc2)C1. The van der Waals surface area contributed by atoms with Gasteiger partial charge in [0.1, 0.15) is 29.8 Å². The van der Waals surface area contributed by atoms with Crippen LogP contribution in [0.5, 0.6) is 11.5 Å². The van der Waals surface area contributed by atoms with Gasteiger partial charge in [0.15, 0.2) is 0 Å². The summed E-state index contributed by atoms with van der Waals surface area (Å²) in [6, 6.07) is 17.6. The van der Waals surface area contributed by atoms with E-state index in [1.807, 2.05) is 89.2 Å². The summed E-state index contributed by atoms with van der Waals surface area (Å²) in [6.45, 7) is 11.2. The second-order valence-electron chi connectivity index (χ2n) is 7.37. The number of amides is 1. The molecule has 0 unspecified atom stereocenters. The Labute approximate surface area is 168 Å². The molecule has 0 spiro atoms. The van der Waals surface area contributed by atoms with Crippen molar-refractivity contribution in [3.05, 3.63) is 60.2 Å². The lowest BCUT2D eigenvalue weighted by atomic mass is 10.1. The highest BCUT2D eigenvalue weighted by molar-refractivity contribution is 5.69. The highest BCUT2D eigenvalue weighted by Crippen LogP contribution is 2.23. The molecular weight excluding hydrogens is 354 g/mol. The molecule has 1 amide bonds. The Kier molecular flexibility index (Phi) is 7.73. The summed E-state index contributed by atoms with van der Waals surface area (Å²) in [4.78, 5) is 13.6. The Morgan fingerprint density at radius 1 is 0.964 bits per heavy atom. The standard InChI is InChI=1S/C21H25NO4.C2H6/c1-21(2,3)26-20(23)22-13-19(14-22)25-18-11-9-17(10-12-18)24-15-16-7-5-4-6-8-16;1-2/h4-12,19H,13-15H2,1-3H3;1-2H3. The van der Waals surface area contributed by atoms with Gasteiger partial charge in [-0.05, 0) is 50.6 Å². The molecule has 2 aromatic carbocycles. The lowest BCUT2D eigenvalue weighted by Crippen LogP contribution is -2.57. The number of ether oxygens (including phenoxy) is 3. The van der Waals surface area contributed by atoms with Gasteiger partial charge >= 0.3 is 6.09 Å². The number of hydrogen-bond donors (Lipinski definition) is 0. The molecule has 28 heavy (non-hydrogen) atoms. The van der Waals surface area contributed by atoms with Crippen molar-refractivity contribution in [1.82, 2.24) is 4.90 Å². The first-order chi connectivity index (χ1) is 13.4. The van der Waals surface area contributed by atoms with Gasteiger partial charge in [0.25, 0.3) is 0 Å². The van der Waals surface area contributed by atoms with Gasteiger partial charge in [-0.15, -0.1) is 0 Å². The third-order valence-electron chi connectivity index (χ3n) is 3.87. The lowest BCUT2D eigenvalue weighted by molar-refractivity contribution is -0.0221. The summed E-state index contributed by atoms with van der Waals surface area (Å²) in [5, 5.41) is 0. The predicted molar refractivity (Wildman–Crippen MR) is 111 cm³/mol. The molecule has 0 atom stereocenters. The van der Waals surface area contributed by atoms with E-state index in [-0.39, 0.29) is 12.2 Å². The van der Waals surface area contributed by atoms with Crippen molar-refractivity contribution in [3.63, 3.8) is 0 Å². The Bertz CT molecular complexity index is 717. The quantitative estimate of drug-likeness (QED) is 0.702. The van der Waals surface area contributed by atoms with Crippen LogP contribution in [0.3, 0.4) is 0 Å². The number of likely N-dealkylation sites (tertiary alicyclic amines) is 1. The van der Waals surface area contributed by atoms with E-state index in [9.17, 15) is 4.79 Å². The average molecular weight is 386 g/mol. The summed E-state index contributed by atoms with van der Waals surface area (Å²) >= 11 is 0. The van der Waals surface area contributed by atoms with E-state index in [1.165, 1.54) is 0 Å². The second kappa shape index (κ2) is 10.0. The molecule has 1 fully saturated rings. The summed E-state index contributed by atoms with van der Waals surface area (Å²) in [5.41, 5.74) is 0.656. The molecule has 0 N–H and O–H groups in total. The zero-order valence-electron chi connectivity index (χ0n) is 17.5. The molecule has 2 aromatic rings. The molecule has 3 rings (SSSR count). The molecule has 0 radical (unpaired) electrons. The monoisotopic (exact) mass is 385 g/mol. The summed E-state index contributed by atoms with van der Waals surface area (Å²) in [7, 11) is 0. The van der Waals surface area contributed by atoms with E-state index >= 15 is 0 Å². The third kappa shape index (κ3) is 6.80. The molecule has 1 aliphatic rings. The topological polar surface area (TPSA) is 48.0 Å². The first-order valence-corrected chi connectivity index (χ1v) is 9.80. The van der Waals surface area contributed by atoms with E-state index in [1.54, 1.807) is 4.90 Å². The minimum absolute atomic E-state index is 0.00129. The molecule has 1 saturated heterocycles. The maximum absolute atomic E-state index is 11.9. The minimum atomic E-state index is -0.474. The van der Waals surface area contributed by atoms with Crippen molar-refractivity contribution in [2.45, 2.75) is 52.9 Å². The van der Waals surface area contributed by atoms with Crippen LogP contribution >= 0.6 is 0 Å². The smallest absolute Gasteiger partial charge is 0.410 e. The van der Waals surface area contributed by atoms with E-state index in [0.29, 0.717) is 19.7 Å². The molecule has 152 valence electrons. The van der Waals surface area contributed by atoms with Crippen LogP contribution in [0.2, 0.25) is 0 Å². The average Bonchev–Trinajstić information content (AvgIpc) is 2.64. The van der Waals surface area contributed by atoms with Crippen molar-refractivity contribution in [1.29, 1.82) is 0 Å². The van der Waals surface area contributed by atoms with Crippen molar-refractivity contribution in [2.24, 2.45) is 0 Å². The number of nitrogens with zero attached hydrogens (tertiary/aromatic N) is 1. The number of carbonyl (C=O) groups is 1. The third-order valence-corrected chi connectivity index (χ3v) is 3.87. The molecular formula is C23H31NO4. The van der Waals surface area contributed by atoms with Crippen LogP contribution in [0.15, 0.2) is 54.6 Å². The second-order valence-corrected chi connectivity index (χ2v) is 7.37. The molecule has 0 aromatic heterocycles. The largest absolute Gasteiger partial charge is 0.489 e. The molecule has 0 aliphatic carbocycles. The number of benzene rings is 2. The predicted octanol–water partition coefficient (Wildman–Crippen LogP) is 5.29. The van der Waals surface area contributed by atoms with Gasteiger partial charge in [0.05, 0.1) is 13.1 Å². The van der Waals surface area contributed by atoms with Crippen LogP contribution in [0.4, 0.5) is 4.79 Å². The van der Waals surface area contributed by atoms with Gasteiger partial charge < -0.3 is 19.1 Å². The van der Waals surface area contributed by atoms with Gasteiger partial charge in [0.2, 0.25) is 0 Å². The molecule has 1 heterocycles. The summed E-state index contributed by atoms with van der Waals surface area (Å²) in [5.74, 6) is 1.57. The maximum Gasteiger partial charge on any atom is 0.410 e. The summed E-state index contributed by atoms with van der Waals surface area (Å²) < 4.78 is 17.0. The Balaban J connectivity index is 0.00000136. The fourth-order valence-electron chi connectivity index (χ4n) is 2.54. The zero-order chi connectivity index (χ0) is 20.6. The first-order valence-electron chi connectivity index (χ1n) is 9.80. The fourth-order valence-corrected chi connectivity index (χ4v) is 2.54. The molecule has 1 aliphatic heterocycles. The van der Waals surface area contributed by atoms with Crippen LogP contribution < -0.4 is 9.47 Å². The first kappa shape index (κ1) is 21.6.